The number of nitrogens with zero attached hydrogens (tertiary/aromatic N) is 2. The maximum absolute atomic E-state index is 3.31. The van der Waals surface area contributed by atoms with Crippen molar-refractivity contribution in [2.45, 2.75) is 0 Å². The minimum Gasteiger partial charge on any atom is -0.360 e. The van der Waals surface area contributed by atoms with E-state index >= 15 is 0 Å². The topological polar surface area (TPSA) is 22.3 Å². The largest absolute Gasteiger partial charge is 0.360 e. The van der Waals surface area contributed by atoms with E-state index in [1.807, 2.05) is 0 Å². The molecule has 0 spiro atoms. The van der Waals surface area contributed by atoms with E-state index in [-0.39, 0.29) is 0 Å². The Labute approximate surface area is 94.9 Å². The molecule has 0 amide bonds. The molecule has 0 saturated carbocycles. The normalized spacial score (nSPS) is 17.1. The molecule has 1 aliphatic rings. The molecule has 2 heterocycles. The van der Waals surface area contributed by atoms with Gasteiger partial charge in [0.15, 0.2) is 0 Å². The molecule has 3 nitrogen and oxygen atoms in total. The van der Waals surface area contributed by atoms with Crippen LogP contribution in [0.3, 0.4) is 0 Å². The maximum Gasteiger partial charge on any atom is 0.0586 e. The smallest absolute Gasteiger partial charge is 0.0586 e. The Morgan fingerprint density at radius 3 is 2.75 bits per heavy atom. The number of fused-ring (bicyclic) bond motifs is 1. The molecule has 0 bridgehead atoms. The van der Waals surface area contributed by atoms with Crippen molar-refractivity contribution in [2.75, 3.05) is 20.6 Å². The Morgan fingerprint density at radius 2 is 2.00 bits per heavy atom. The number of hydrogen-bond donors (Lipinski definition) is 1. The van der Waals surface area contributed by atoms with Gasteiger partial charge in [0.25, 0.3) is 0 Å². The highest BCUT2D eigenvalue weighted by Crippen LogP contribution is 2.29. The molecule has 1 aromatic carbocycles. The molecule has 0 aliphatic carbocycles. The summed E-state index contributed by atoms with van der Waals surface area (Å²) in [5, 5.41) is 5.67. The molecule has 3 heteroatoms. The number of likely N-dealkylation sites (N-methyl/N-ethyl adjacent to an activating group) is 1. The van der Waals surface area contributed by atoms with Crippen molar-refractivity contribution < 1.29 is 0 Å². The van der Waals surface area contributed by atoms with E-state index in [0.29, 0.717) is 0 Å². The van der Waals surface area contributed by atoms with Crippen LogP contribution in [-0.2, 0) is 0 Å². The first-order chi connectivity index (χ1) is 7.77. The minimum absolute atomic E-state index is 0.978. The second-order valence-electron chi connectivity index (χ2n) is 4.20. The van der Waals surface area contributed by atoms with Gasteiger partial charge in [0.05, 0.1) is 5.70 Å². The Bertz CT molecular complexity index is 553. The highest BCUT2D eigenvalue weighted by Gasteiger charge is 2.19. The van der Waals surface area contributed by atoms with Gasteiger partial charge in [-0.25, -0.2) is 5.01 Å². The van der Waals surface area contributed by atoms with Gasteiger partial charge in [-0.15, -0.1) is 0 Å². The molecule has 1 aromatic heterocycles. The highest BCUT2D eigenvalue weighted by atomic mass is 15.6. The maximum atomic E-state index is 3.31. The van der Waals surface area contributed by atoms with Gasteiger partial charge >= 0.3 is 0 Å². The van der Waals surface area contributed by atoms with Crippen LogP contribution in [-0.4, -0.2) is 35.6 Å². The molecular weight excluding hydrogens is 198 g/mol. The van der Waals surface area contributed by atoms with Crippen LogP contribution in [0.2, 0.25) is 0 Å². The van der Waals surface area contributed by atoms with Crippen LogP contribution in [0.4, 0.5) is 0 Å². The van der Waals surface area contributed by atoms with Gasteiger partial charge in [-0.2, -0.15) is 0 Å². The highest BCUT2D eigenvalue weighted by molar-refractivity contribution is 5.92. The van der Waals surface area contributed by atoms with Crippen LogP contribution in [0.1, 0.15) is 5.56 Å². The molecular formula is C13H15N3. The number of aromatic amines is 1. The van der Waals surface area contributed by atoms with Crippen LogP contribution < -0.4 is 0 Å². The Hall–Kier alpha value is -1.74. The van der Waals surface area contributed by atoms with Crippen molar-refractivity contribution in [3.63, 3.8) is 0 Å². The lowest BCUT2D eigenvalue weighted by Crippen LogP contribution is -2.29. The fourth-order valence-electron chi connectivity index (χ4n) is 2.22. The fraction of sp³-hybridized carbons (Fsp3) is 0.231. The third-order valence-corrected chi connectivity index (χ3v) is 3.27. The Balaban J connectivity index is 2.14. The van der Waals surface area contributed by atoms with E-state index in [0.717, 1.165) is 6.54 Å². The number of hydrogen-bond acceptors (Lipinski definition) is 2. The molecule has 0 fully saturated rings. The third-order valence-electron chi connectivity index (χ3n) is 3.27. The molecule has 0 unspecified atom stereocenters. The molecule has 0 radical (unpaired) electrons. The zero-order valence-electron chi connectivity index (χ0n) is 9.57. The molecule has 3 rings (SSSR count). The lowest BCUT2D eigenvalue weighted by Gasteiger charge is -2.24. The lowest BCUT2D eigenvalue weighted by atomic mass is 10.1. The van der Waals surface area contributed by atoms with Gasteiger partial charge < -0.3 is 9.99 Å². The third kappa shape index (κ3) is 1.25. The first kappa shape index (κ1) is 9.48. The molecule has 0 saturated heterocycles. The first-order valence-electron chi connectivity index (χ1n) is 5.49. The number of H-pyrrole nitrogens is 1. The number of nitrogens with one attached hydrogen (secondary N) is 1. The van der Waals surface area contributed by atoms with Gasteiger partial charge in [-0.3, -0.25) is 0 Å². The number of hydrazine groups is 1. The summed E-state index contributed by atoms with van der Waals surface area (Å²) >= 11 is 0. The van der Waals surface area contributed by atoms with Crippen LogP contribution in [0.5, 0.6) is 0 Å². The number of rotatable bonds is 1. The zero-order chi connectivity index (χ0) is 11.1. The molecule has 1 aliphatic heterocycles. The van der Waals surface area contributed by atoms with E-state index in [9.17, 15) is 0 Å². The van der Waals surface area contributed by atoms with E-state index in [2.05, 4.69) is 65.6 Å². The summed E-state index contributed by atoms with van der Waals surface area (Å²) in [7, 11) is 4.19. The van der Waals surface area contributed by atoms with Crippen LogP contribution in [0.15, 0.2) is 36.5 Å². The average molecular weight is 213 g/mol. The second kappa shape index (κ2) is 3.39. The van der Waals surface area contributed by atoms with Crippen molar-refractivity contribution in [1.82, 2.24) is 15.0 Å². The van der Waals surface area contributed by atoms with Crippen molar-refractivity contribution >= 4 is 16.6 Å². The molecule has 1 N–H and O–H groups in total. The monoisotopic (exact) mass is 213 g/mol. The zero-order valence-corrected chi connectivity index (χ0v) is 9.57. The van der Waals surface area contributed by atoms with Crippen LogP contribution in [0, 0.1) is 0 Å². The Morgan fingerprint density at radius 1 is 1.19 bits per heavy atom. The second-order valence-corrected chi connectivity index (χ2v) is 4.20. The summed E-state index contributed by atoms with van der Waals surface area (Å²) in [6, 6.07) is 8.41. The predicted octanol–water partition coefficient (Wildman–Crippen LogP) is 2.30. The average Bonchev–Trinajstić information content (AvgIpc) is 2.85. The quantitative estimate of drug-likeness (QED) is 0.785. The summed E-state index contributed by atoms with van der Waals surface area (Å²) in [5.41, 5.74) is 3.75. The van der Waals surface area contributed by atoms with Crippen molar-refractivity contribution in [1.29, 1.82) is 0 Å². The van der Waals surface area contributed by atoms with Crippen molar-refractivity contribution in [3.05, 3.63) is 42.1 Å². The summed E-state index contributed by atoms with van der Waals surface area (Å²) in [4.78, 5) is 3.31. The van der Waals surface area contributed by atoms with Crippen LogP contribution >= 0.6 is 0 Å². The number of para-hydroxylation sites is 1. The summed E-state index contributed by atoms with van der Waals surface area (Å²) in [6.45, 7) is 0.978. The minimum atomic E-state index is 0.978. The SMILES string of the molecule is CN1CC=C(c2c[nH]c3ccccc23)N1C. The molecule has 82 valence electrons. The van der Waals surface area contributed by atoms with Gasteiger partial charge in [0.2, 0.25) is 0 Å². The summed E-state index contributed by atoms with van der Waals surface area (Å²) in [5.74, 6) is 0. The van der Waals surface area contributed by atoms with Crippen molar-refractivity contribution in [2.24, 2.45) is 0 Å². The van der Waals surface area contributed by atoms with E-state index in [4.69, 9.17) is 0 Å². The van der Waals surface area contributed by atoms with Gasteiger partial charge in [-0.05, 0) is 12.1 Å². The number of aromatic nitrogens is 1. The Kier molecular flexibility index (Phi) is 2.01. The van der Waals surface area contributed by atoms with Gasteiger partial charge in [0, 0.05) is 43.3 Å². The summed E-state index contributed by atoms with van der Waals surface area (Å²) in [6.07, 6.45) is 4.35. The van der Waals surface area contributed by atoms with Gasteiger partial charge in [0.1, 0.15) is 0 Å². The lowest BCUT2D eigenvalue weighted by molar-refractivity contribution is 0.128. The van der Waals surface area contributed by atoms with Crippen molar-refractivity contribution in [3.8, 4) is 0 Å². The van der Waals surface area contributed by atoms with E-state index in [1.54, 1.807) is 0 Å². The fourth-order valence-corrected chi connectivity index (χ4v) is 2.22. The van der Waals surface area contributed by atoms with Gasteiger partial charge in [-0.1, -0.05) is 18.2 Å². The first-order valence-corrected chi connectivity index (χ1v) is 5.49. The molecule has 0 atom stereocenters. The molecule has 16 heavy (non-hydrogen) atoms. The molecule has 2 aromatic rings. The van der Waals surface area contributed by atoms with Crippen LogP contribution in [0.25, 0.3) is 16.6 Å². The van der Waals surface area contributed by atoms with E-state index in [1.165, 1.54) is 22.2 Å². The summed E-state index contributed by atoms with van der Waals surface area (Å²) < 4.78 is 0. The standard InChI is InChI=1S/C13H15N3/c1-15-8-7-13(16(15)2)11-9-14-12-6-4-3-5-10(11)12/h3-7,9,14H,8H2,1-2H3. The predicted molar refractivity (Wildman–Crippen MR) is 66.7 cm³/mol. The van der Waals surface area contributed by atoms with E-state index < -0.39 is 0 Å². The number of benzene rings is 1.